The predicted octanol–water partition coefficient (Wildman–Crippen LogP) is 9.39. The van der Waals surface area contributed by atoms with E-state index in [4.69, 9.17) is 20.2 Å². The van der Waals surface area contributed by atoms with Crippen molar-refractivity contribution in [1.29, 1.82) is 0 Å². The molecular weight excluding hydrogens is 606 g/mol. The Balaban J connectivity index is 1.42. The second kappa shape index (κ2) is 17.6. The number of aromatic amines is 1. The molecule has 4 rings (SSSR count). The van der Waals surface area contributed by atoms with Crippen molar-refractivity contribution in [2.45, 2.75) is 69.5 Å². The third kappa shape index (κ3) is 9.02. The molecule has 1 atom stereocenters. The number of nitrogens with two attached hydrogens (primary N) is 1. The lowest BCUT2D eigenvalue weighted by atomic mass is 9.97. The normalized spacial score (nSPS) is 11.8. The van der Waals surface area contributed by atoms with Gasteiger partial charge in [-0.1, -0.05) is 81.1 Å². The summed E-state index contributed by atoms with van der Waals surface area (Å²) in [5.41, 5.74) is 9.52. The second-order valence-electron chi connectivity index (χ2n) is 11.1. The van der Waals surface area contributed by atoms with E-state index in [-0.39, 0.29) is 0 Å². The topological polar surface area (TPSA) is 93.5 Å². The smallest absolute Gasteiger partial charge is 0.315 e. The number of ether oxygens (including phenoxy) is 2. The van der Waals surface area contributed by atoms with Gasteiger partial charge in [0.15, 0.2) is 5.16 Å². The van der Waals surface area contributed by atoms with Crippen LogP contribution in [0.2, 0.25) is 0 Å². The van der Waals surface area contributed by atoms with Crippen molar-refractivity contribution >= 4 is 17.8 Å². The van der Waals surface area contributed by atoms with E-state index in [1.165, 1.54) is 12.1 Å². The molecule has 3 aromatic carbocycles. The van der Waals surface area contributed by atoms with Gasteiger partial charge in [0.05, 0.1) is 26.0 Å². The molecule has 2 amide bonds. The van der Waals surface area contributed by atoms with Crippen LogP contribution >= 0.6 is 11.8 Å². The van der Waals surface area contributed by atoms with Crippen LogP contribution in [0.3, 0.4) is 0 Å². The largest absolute Gasteiger partial charge is 0.496 e. The van der Waals surface area contributed by atoms with E-state index in [0.29, 0.717) is 24.9 Å². The van der Waals surface area contributed by atoms with E-state index in [0.717, 1.165) is 89.5 Å². The number of primary amides is 1. The van der Waals surface area contributed by atoms with Crippen LogP contribution in [0.25, 0.3) is 22.5 Å². The van der Waals surface area contributed by atoms with E-state index in [9.17, 15) is 13.6 Å². The number of aromatic nitrogens is 2. The number of unbranched alkanes of at least 4 members (excludes halogenated alkanes) is 5. The molecule has 0 bridgehead atoms. The van der Waals surface area contributed by atoms with E-state index >= 15 is 0 Å². The third-order valence-corrected chi connectivity index (χ3v) is 8.97. The minimum absolute atomic E-state index is 0.307. The summed E-state index contributed by atoms with van der Waals surface area (Å²) in [6, 6.07) is 18.0. The standard InChI is InChI=1S/C36H44F2N4O3S/c1-4-5-6-8-17-30(26-21-20-25(37)24-29(26)38)42(35(39)43)22-13-7-14-23-46-36-40-33(27-15-9-11-18-31(27)44-2)34(41-36)28-16-10-12-19-32(28)45-3/h9-12,15-16,18-21,24,30H,4-8,13-14,17,22-23H2,1-3H3,(H2,39,43)(H,40,41). The van der Waals surface area contributed by atoms with Gasteiger partial charge in [0.2, 0.25) is 0 Å². The van der Waals surface area contributed by atoms with E-state index < -0.39 is 23.7 Å². The molecule has 0 aliphatic heterocycles. The SMILES string of the molecule is CCCCCCC(c1ccc(F)cc1F)N(CCCCCSc1nc(-c2ccccc2OC)c(-c2ccccc2OC)[nH]1)C(N)=O. The molecule has 3 N–H and O–H groups in total. The fourth-order valence-corrected chi connectivity index (χ4v) is 6.54. The number of thioether (sulfide) groups is 1. The van der Waals surface area contributed by atoms with Gasteiger partial charge in [0, 0.05) is 35.1 Å². The number of methoxy groups -OCH3 is 2. The van der Waals surface area contributed by atoms with Gasteiger partial charge in [0.1, 0.15) is 28.8 Å². The molecule has 10 heteroatoms. The summed E-state index contributed by atoms with van der Waals surface area (Å²) in [5, 5.41) is 0.777. The van der Waals surface area contributed by atoms with Gasteiger partial charge in [-0.25, -0.2) is 18.6 Å². The first-order chi connectivity index (χ1) is 22.4. The summed E-state index contributed by atoms with van der Waals surface area (Å²) >= 11 is 1.62. The molecule has 1 aromatic heterocycles. The third-order valence-electron chi connectivity index (χ3n) is 8.01. The molecule has 4 aromatic rings. The molecule has 246 valence electrons. The molecule has 0 radical (unpaired) electrons. The number of hydrogen-bond acceptors (Lipinski definition) is 5. The summed E-state index contributed by atoms with van der Waals surface area (Å²) in [7, 11) is 3.30. The number of halogens is 2. The average molecular weight is 651 g/mol. The first kappa shape index (κ1) is 34.8. The lowest BCUT2D eigenvalue weighted by Crippen LogP contribution is -2.40. The molecule has 0 saturated heterocycles. The van der Waals surface area contributed by atoms with Crippen molar-refractivity contribution in [2.75, 3.05) is 26.5 Å². The van der Waals surface area contributed by atoms with Gasteiger partial charge in [-0.3, -0.25) is 0 Å². The Morgan fingerprint density at radius 1 is 0.913 bits per heavy atom. The van der Waals surface area contributed by atoms with Crippen LogP contribution in [0.15, 0.2) is 71.9 Å². The maximum atomic E-state index is 14.8. The van der Waals surface area contributed by atoms with Crippen LogP contribution in [0.4, 0.5) is 13.6 Å². The highest BCUT2D eigenvalue weighted by Gasteiger charge is 2.26. The van der Waals surface area contributed by atoms with Gasteiger partial charge < -0.3 is 25.1 Å². The number of hydrogen-bond donors (Lipinski definition) is 2. The number of para-hydroxylation sites is 2. The number of urea groups is 1. The lowest BCUT2D eigenvalue weighted by Gasteiger charge is -2.31. The fourth-order valence-electron chi connectivity index (χ4n) is 5.67. The quantitative estimate of drug-likeness (QED) is 0.0827. The first-order valence-corrected chi connectivity index (χ1v) is 16.9. The summed E-state index contributed by atoms with van der Waals surface area (Å²) in [6.45, 7) is 2.52. The Kier molecular flexibility index (Phi) is 13.3. The number of carbonyl (C=O) groups excluding carboxylic acids is 1. The maximum Gasteiger partial charge on any atom is 0.315 e. The Labute approximate surface area is 274 Å². The predicted molar refractivity (Wildman–Crippen MR) is 181 cm³/mol. The highest BCUT2D eigenvalue weighted by atomic mass is 32.2. The molecule has 0 spiro atoms. The lowest BCUT2D eigenvalue weighted by molar-refractivity contribution is 0.175. The monoisotopic (exact) mass is 650 g/mol. The number of rotatable bonds is 18. The van der Waals surface area contributed by atoms with Crippen molar-refractivity contribution in [3.63, 3.8) is 0 Å². The number of imidazole rings is 1. The fraction of sp³-hybridized carbons (Fsp3) is 0.389. The van der Waals surface area contributed by atoms with Crippen LogP contribution in [0.1, 0.15) is 69.9 Å². The summed E-state index contributed by atoms with van der Waals surface area (Å²) < 4.78 is 39.8. The van der Waals surface area contributed by atoms with Crippen LogP contribution < -0.4 is 15.2 Å². The number of amides is 2. The first-order valence-electron chi connectivity index (χ1n) is 15.9. The molecule has 0 fully saturated rings. The Morgan fingerprint density at radius 3 is 2.26 bits per heavy atom. The van der Waals surface area contributed by atoms with Gasteiger partial charge in [0.25, 0.3) is 0 Å². The van der Waals surface area contributed by atoms with Crippen molar-refractivity contribution in [3.05, 3.63) is 83.9 Å². The second-order valence-corrected chi connectivity index (χ2v) is 12.2. The zero-order valence-corrected chi connectivity index (χ0v) is 27.7. The zero-order valence-electron chi connectivity index (χ0n) is 26.9. The maximum absolute atomic E-state index is 14.8. The van der Waals surface area contributed by atoms with Gasteiger partial charge in [-0.15, -0.1) is 0 Å². The minimum atomic E-state index is -0.651. The summed E-state index contributed by atoms with van der Waals surface area (Å²) in [5.74, 6) is 0.970. The molecule has 0 saturated carbocycles. The highest BCUT2D eigenvalue weighted by Crippen LogP contribution is 2.40. The van der Waals surface area contributed by atoms with Crippen molar-refractivity contribution in [1.82, 2.24) is 14.9 Å². The molecule has 7 nitrogen and oxygen atoms in total. The van der Waals surface area contributed by atoms with Crippen molar-refractivity contribution < 1.29 is 23.0 Å². The average Bonchev–Trinajstić information content (AvgIpc) is 3.49. The molecule has 46 heavy (non-hydrogen) atoms. The van der Waals surface area contributed by atoms with E-state index in [1.54, 1.807) is 30.9 Å². The Bertz CT molecular complexity index is 1500. The molecule has 1 unspecified atom stereocenters. The number of H-pyrrole nitrogens is 1. The highest BCUT2D eigenvalue weighted by molar-refractivity contribution is 7.99. The van der Waals surface area contributed by atoms with Gasteiger partial charge >= 0.3 is 6.03 Å². The summed E-state index contributed by atoms with van der Waals surface area (Å²) in [6.07, 6.45) is 6.91. The van der Waals surface area contributed by atoms with Gasteiger partial charge in [-0.2, -0.15) is 0 Å². The van der Waals surface area contributed by atoms with Crippen molar-refractivity contribution in [3.8, 4) is 34.0 Å². The zero-order chi connectivity index (χ0) is 32.9. The van der Waals surface area contributed by atoms with Gasteiger partial charge in [-0.05, 0) is 49.6 Å². The van der Waals surface area contributed by atoms with Crippen LogP contribution in [0, 0.1) is 11.6 Å². The number of nitrogens with zero attached hydrogens (tertiary/aromatic N) is 2. The summed E-state index contributed by atoms with van der Waals surface area (Å²) in [4.78, 5) is 22.6. The van der Waals surface area contributed by atoms with Crippen molar-refractivity contribution in [2.24, 2.45) is 5.73 Å². The van der Waals surface area contributed by atoms with Crippen LogP contribution in [0.5, 0.6) is 11.5 Å². The number of nitrogens with one attached hydrogen (secondary N) is 1. The van der Waals surface area contributed by atoms with E-state index in [2.05, 4.69) is 11.9 Å². The van der Waals surface area contributed by atoms with E-state index in [1.807, 2.05) is 48.5 Å². The van der Waals surface area contributed by atoms with Crippen LogP contribution in [-0.2, 0) is 0 Å². The Morgan fingerprint density at radius 2 is 1.59 bits per heavy atom. The number of benzene rings is 3. The Hall–Kier alpha value is -4.05. The molecule has 1 heterocycles. The van der Waals surface area contributed by atoms with Crippen LogP contribution in [-0.4, -0.2) is 47.4 Å². The molecular formula is C36H44F2N4O3S. The molecule has 0 aliphatic rings. The minimum Gasteiger partial charge on any atom is -0.496 e. The number of carbonyl (C=O) groups is 1. The molecule has 0 aliphatic carbocycles.